The molecule has 4 aromatic carbocycles. The molecule has 8 heteroatoms. The molecule has 0 radical (unpaired) electrons. The number of rotatable bonds is 8. The number of methoxy groups -OCH3 is 1. The van der Waals surface area contributed by atoms with Gasteiger partial charge in [0.1, 0.15) is 11.6 Å². The van der Waals surface area contributed by atoms with Crippen LogP contribution in [0.25, 0.3) is 16.5 Å². The van der Waals surface area contributed by atoms with E-state index in [0.29, 0.717) is 35.7 Å². The molecular weight excluding hydrogens is 538 g/mol. The summed E-state index contributed by atoms with van der Waals surface area (Å²) in [4.78, 5) is 26.5. The van der Waals surface area contributed by atoms with Gasteiger partial charge >= 0.3 is 6.03 Å². The third-order valence-electron chi connectivity index (χ3n) is 7.34. The third-order valence-corrected chi connectivity index (χ3v) is 7.34. The number of hydrogen-bond donors (Lipinski definition) is 3. The molecular formula is C35H37N5O3. The van der Waals surface area contributed by atoms with Crippen molar-refractivity contribution < 1.29 is 14.3 Å². The van der Waals surface area contributed by atoms with Crippen molar-refractivity contribution in [2.45, 2.75) is 39.5 Å². The van der Waals surface area contributed by atoms with Crippen molar-refractivity contribution in [1.29, 1.82) is 0 Å². The number of carbonyl (C=O) groups is 2. The Morgan fingerprint density at radius 1 is 0.884 bits per heavy atom. The molecule has 0 saturated heterocycles. The van der Waals surface area contributed by atoms with E-state index in [2.05, 4.69) is 36.7 Å². The highest BCUT2D eigenvalue weighted by Crippen LogP contribution is 2.28. The summed E-state index contributed by atoms with van der Waals surface area (Å²) >= 11 is 0. The van der Waals surface area contributed by atoms with Gasteiger partial charge in [0.05, 0.1) is 24.2 Å². The van der Waals surface area contributed by atoms with E-state index in [0.717, 1.165) is 33.3 Å². The average molecular weight is 576 g/mol. The zero-order chi connectivity index (χ0) is 30.6. The van der Waals surface area contributed by atoms with E-state index < -0.39 is 0 Å². The molecule has 3 N–H and O–H groups in total. The molecule has 0 aliphatic rings. The summed E-state index contributed by atoms with van der Waals surface area (Å²) in [6, 6.07) is 28.5. The van der Waals surface area contributed by atoms with Gasteiger partial charge in [-0.1, -0.05) is 81.4 Å². The van der Waals surface area contributed by atoms with Gasteiger partial charge in [-0.3, -0.25) is 10.1 Å². The van der Waals surface area contributed by atoms with E-state index in [4.69, 9.17) is 9.84 Å². The maximum absolute atomic E-state index is 13.3. The molecule has 0 atom stereocenters. The van der Waals surface area contributed by atoms with Crippen LogP contribution >= 0.6 is 0 Å². The van der Waals surface area contributed by atoms with Crippen LogP contribution in [0.15, 0.2) is 91.0 Å². The van der Waals surface area contributed by atoms with Crippen molar-refractivity contribution in [1.82, 2.24) is 15.1 Å². The first kappa shape index (κ1) is 29.4. The Hall–Kier alpha value is -5.11. The zero-order valence-corrected chi connectivity index (χ0v) is 25.2. The molecule has 1 aromatic heterocycles. The summed E-state index contributed by atoms with van der Waals surface area (Å²) < 4.78 is 7.11. The minimum Gasteiger partial charge on any atom is -0.496 e. The number of hydrogen-bond acceptors (Lipinski definition) is 4. The maximum Gasteiger partial charge on any atom is 0.324 e. The molecule has 0 saturated carbocycles. The Bertz CT molecular complexity index is 1780. The number of nitrogens with zero attached hydrogens (tertiary/aromatic N) is 2. The first-order chi connectivity index (χ1) is 20.6. The highest BCUT2D eigenvalue weighted by Gasteiger charge is 2.22. The van der Waals surface area contributed by atoms with Crippen molar-refractivity contribution in [3.05, 3.63) is 113 Å². The molecule has 0 fully saturated rings. The smallest absolute Gasteiger partial charge is 0.324 e. The lowest BCUT2D eigenvalue weighted by atomic mass is 9.92. The monoisotopic (exact) mass is 575 g/mol. The molecule has 5 aromatic rings. The number of benzene rings is 4. The van der Waals surface area contributed by atoms with Crippen LogP contribution in [-0.4, -0.2) is 35.4 Å². The second kappa shape index (κ2) is 12.4. The molecule has 0 unspecified atom stereocenters. The first-order valence-corrected chi connectivity index (χ1v) is 14.3. The lowest BCUT2D eigenvalue weighted by molar-refractivity contribution is 0.0953. The molecule has 5 rings (SSSR count). The second-order valence-electron chi connectivity index (χ2n) is 11.5. The van der Waals surface area contributed by atoms with E-state index in [1.807, 2.05) is 91.9 Å². The maximum atomic E-state index is 13.3. The SMILES string of the molecule is COc1ccccc1CCNC(=O)c1cc(-n2nc(C(C)(C)C)cc2NC(=O)Nc2cccc3ccccc23)ccc1C. The molecule has 8 nitrogen and oxygen atoms in total. The number of aromatic nitrogens is 2. The van der Waals surface area contributed by atoms with Gasteiger partial charge in [0.15, 0.2) is 0 Å². The van der Waals surface area contributed by atoms with Gasteiger partial charge in [-0.25, -0.2) is 9.48 Å². The number of para-hydroxylation sites is 1. The van der Waals surface area contributed by atoms with Gasteiger partial charge in [0, 0.05) is 29.0 Å². The summed E-state index contributed by atoms with van der Waals surface area (Å²) in [7, 11) is 1.64. The van der Waals surface area contributed by atoms with Crippen molar-refractivity contribution in [2.24, 2.45) is 0 Å². The molecule has 0 aliphatic carbocycles. The van der Waals surface area contributed by atoms with Crippen molar-refractivity contribution in [3.8, 4) is 11.4 Å². The minimum absolute atomic E-state index is 0.180. The van der Waals surface area contributed by atoms with Crippen LogP contribution in [0.1, 0.15) is 48.0 Å². The number of ether oxygens (including phenoxy) is 1. The Labute approximate surface area is 252 Å². The average Bonchev–Trinajstić information content (AvgIpc) is 3.42. The second-order valence-corrected chi connectivity index (χ2v) is 11.5. The lowest BCUT2D eigenvalue weighted by Gasteiger charge is -2.15. The van der Waals surface area contributed by atoms with Gasteiger partial charge in [0.25, 0.3) is 5.91 Å². The normalized spacial score (nSPS) is 11.3. The van der Waals surface area contributed by atoms with Gasteiger partial charge in [-0.05, 0) is 54.1 Å². The van der Waals surface area contributed by atoms with Crippen LogP contribution in [0.2, 0.25) is 0 Å². The van der Waals surface area contributed by atoms with Crippen molar-refractivity contribution in [2.75, 3.05) is 24.3 Å². The fraction of sp³-hybridized carbons (Fsp3) is 0.229. The Morgan fingerprint density at radius 2 is 1.63 bits per heavy atom. The van der Waals surface area contributed by atoms with Crippen LogP contribution in [0.4, 0.5) is 16.3 Å². The Morgan fingerprint density at radius 3 is 2.42 bits per heavy atom. The van der Waals surface area contributed by atoms with Crippen LogP contribution < -0.4 is 20.7 Å². The Balaban J connectivity index is 1.38. The van der Waals surface area contributed by atoms with Crippen LogP contribution in [0.5, 0.6) is 5.75 Å². The predicted molar refractivity (Wildman–Crippen MR) is 173 cm³/mol. The van der Waals surface area contributed by atoms with E-state index in [1.54, 1.807) is 17.9 Å². The van der Waals surface area contributed by atoms with Gasteiger partial charge < -0.3 is 15.4 Å². The fourth-order valence-electron chi connectivity index (χ4n) is 4.94. The fourth-order valence-corrected chi connectivity index (χ4v) is 4.94. The molecule has 0 spiro atoms. The quantitative estimate of drug-likeness (QED) is 0.181. The topological polar surface area (TPSA) is 97.3 Å². The molecule has 0 bridgehead atoms. The van der Waals surface area contributed by atoms with Gasteiger partial charge in [-0.15, -0.1) is 0 Å². The lowest BCUT2D eigenvalue weighted by Crippen LogP contribution is -2.26. The van der Waals surface area contributed by atoms with Crippen LogP contribution in [-0.2, 0) is 11.8 Å². The standard InChI is InChI=1S/C35H37N5O3/c1-23-17-18-26(21-28(23)33(41)36-20-19-25-12-7-9-16-30(25)43-5)40-32(22-31(39-40)35(2,3)4)38-34(42)37-29-15-10-13-24-11-6-8-14-27(24)29/h6-18,21-22H,19-20H2,1-5H3,(H,36,41)(H2,37,38,42). The predicted octanol–water partition coefficient (Wildman–Crippen LogP) is 7.26. The Kier molecular flexibility index (Phi) is 8.48. The summed E-state index contributed by atoms with van der Waals surface area (Å²) in [5, 5.41) is 15.8. The first-order valence-electron chi connectivity index (χ1n) is 14.3. The minimum atomic E-state index is -0.389. The van der Waals surface area contributed by atoms with Gasteiger partial charge in [-0.2, -0.15) is 5.10 Å². The number of fused-ring (bicyclic) bond motifs is 1. The summed E-state index contributed by atoms with van der Waals surface area (Å²) in [6.07, 6.45) is 0.641. The van der Waals surface area contributed by atoms with E-state index in [-0.39, 0.29) is 17.4 Å². The van der Waals surface area contributed by atoms with Gasteiger partial charge in [0.2, 0.25) is 0 Å². The summed E-state index contributed by atoms with van der Waals surface area (Å²) in [5.74, 6) is 1.11. The number of nitrogens with one attached hydrogen (secondary N) is 3. The number of anilines is 2. The number of aryl methyl sites for hydroxylation is 1. The van der Waals surface area contributed by atoms with E-state index in [9.17, 15) is 9.59 Å². The molecule has 3 amide bonds. The summed E-state index contributed by atoms with van der Waals surface area (Å²) in [6.45, 7) is 8.56. The van der Waals surface area contributed by atoms with E-state index >= 15 is 0 Å². The number of urea groups is 1. The van der Waals surface area contributed by atoms with Crippen LogP contribution in [0.3, 0.4) is 0 Å². The van der Waals surface area contributed by atoms with Crippen molar-refractivity contribution in [3.63, 3.8) is 0 Å². The highest BCUT2D eigenvalue weighted by atomic mass is 16.5. The number of amides is 3. The molecule has 220 valence electrons. The highest BCUT2D eigenvalue weighted by molar-refractivity contribution is 6.06. The number of carbonyl (C=O) groups excluding carboxylic acids is 2. The molecule has 43 heavy (non-hydrogen) atoms. The molecule has 1 heterocycles. The third kappa shape index (κ3) is 6.70. The van der Waals surface area contributed by atoms with Crippen LogP contribution in [0, 0.1) is 6.92 Å². The summed E-state index contributed by atoms with van der Waals surface area (Å²) in [5.41, 5.74) is 4.31. The largest absolute Gasteiger partial charge is 0.496 e. The molecule has 0 aliphatic heterocycles. The van der Waals surface area contributed by atoms with E-state index in [1.165, 1.54) is 0 Å². The zero-order valence-electron chi connectivity index (χ0n) is 25.2. The van der Waals surface area contributed by atoms with Crippen molar-refractivity contribution >= 4 is 34.2 Å².